The number of rotatable bonds is 12. The molecule has 1 fully saturated rings. The van der Waals surface area contributed by atoms with Crippen molar-refractivity contribution in [1.82, 2.24) is 4.90 Å². The van der Waals surface area contributed by atoms with E-state index in [-0.39, 0.29) is 42.4 Å². The highest BCUT2D eigenvalue weighted by Crippen LogP contribution is 2.39. The second-order valence-electron chi connectivity index (χ2n) is 11.3. The quantitative estimate of drug-likeness (QED) is 0.134. The van der Waals surface area contributed by atoms with Crippen LogP contribution in [-0.2, 0) is 27.6 Å². The summed E-state index contributed by atoms with van der Waals surface area (Å²) in [6.07, 6.45) is -2.69. The molecule has 1 saturated heterocycles. The number of hydrogen-bond acceptors (Lipinski definition) is 6. The zero-order chi connectivity index (χ0) is 30.7. The molecule has 1 unspecified atom stereocenters. The number of alkyl halides is 3. The van der Waals surface area contributed by atoms with Crippen molar-refractivity contribution in [2.75, 3.05) is 19.8 Å². The largest absolute Gasteiger partial charge is 0.493 e. The van der Waals surface area contributed by atoms with E-state index in [0.29, 0.717) is 61.3 Å². The van der Waals surface area contributed by atoms with E-state index >= 15 is 0 Å². The monoisotopic (exact) mass is 587 g/mol. The number of fused-ring (bicyclic) bond motifs is 1. The van der Waals surface area contributed by atoms with Crippen LogP contribution in [0.15, 0.2) is 51.7 Å². The smallest absolute Gasteiger partial charge is 0.417 e. The van der Waals surface area contributed by atoms with Crippen LogP contribution in [0.4, 0.5) is 13.2 Å². The van der Waals surface area contributed by atoms with Crippen molar-refractivity contribution in [3.8, 4) is 11.5 Å². The molecule has 4 rings (SSSR count). The van der Waals surface area contributed by atoms with Gasteiger partial charge in [0.15, 0.2) is 0 Å². The number of carbonyl (C=O) groups excluding carboxylic acids is 2. The van der Waals surface area contributed by atoms with Crippen molar-refractivity contribution in [3.05, 3.63) is 69.6 Å². The lowest BCUT2D eigenvalue weighted by molar-refractivity contribution is -0.140. The van der Waals surface area contributed by atoms with Crippen molar-refractivity contribution in [2.24, 2.45) is 5.92 Å². The van der Waals surface area contributed by atoms with Crippen molar-refractivity contribution in [2.45, 2.75) is 71.4 Å². The minimum Gasteiger partial charge on any atom is -0.493 e. The topological polar surface area (TPSA) is 86.0 Å². The number of halogens is 3. The number of nitrogens with zero attached hydrogens (tertiary/aromatic N) is 1. The van der Waals surface area contributed by atoms with Gasteiger partial charge in [-0.3, -0.25) is 14.5 Å². The summed E-state index contributed by atoms with van der Waals surface area (Å²) in [6, 6.07) is 10.5. The SMILES string of the molecule is CCCc1c(OCCCCN2C(=O)CC(C)(c3ccc(OCC(C)C)cc3)C2=O)ccc2c(C(F)(F)F)cc(=O)oc12. The molecule has 0 N–H and O–H groups in total. The number of imide groups is 1. The standard InChI is InChI=1S/C32H36F3NO6/c1-5-8-24-26(14-13-23-25(32(33,34)35)17-28(38)42-29(23)24)40-16-7-6-15-36-27(37)18-31(4,30(36)39)21-9-11-22(12-10-21)41-19-20(2)3/h9-14,17,20H,5-8,15-16,18-19H2,1-4H3. The molecule has 1 aromatic heterocycles. The van der Waals surface area contributed by atoms with Crippen LogP contribution in [0.2, 0.25) is 0 Å². The fourth-order valence-corrected chi connectivity index (χ4v) is 5.19. The molecule has 226 valence electrons. The van der Waals surface area contributed by atoms with E-state index in [1.54, 1.807) is 6.92 Å². The molecule has 1 aliphatic heterocycles. The van der Waals surface area contributed by atoms with Gasteiger partial charge >= 0.3 is 11.8 Å². The molecule has 2 amide bonds. The van der Waals surface area contributed by atoms with Gasteiger partial charge in [0.25, 0.3) is 0 Å². The summed E-state index contributed by atoms with van der Waals surface area (Å²) in [5.41, 5.74) is -2.04. The summed E-state index contributed by atoms with van der Waals surface area (Å²) in [5, 5.41) is -0.190. The van der Waals surface area contributed by atoms with Crippen LogP contribution >= 0.6 is 0 Å². The van der Waals surface area contributed by atoms with Crippen molar-refractivity contribution >= 4 is 22.8 Å². The molecule has 1 atom stereocenters. The van der Waals surface area contributed by atoms with Crippen molar-refractivity contribution in [1.29, 1.82) is 0 Å². The summed E-state index contributed by atoms with van der Waals surface area (Å²) in [4.78, 5) is 39.3. The molecule has 42 heavy (non-hydrogen) atoms. The van der Waals surface area contributed by atoms with E-state index in [4.69, 9.17) is 13.9 Å². The minimum absolute atomic E-state index is 0.0805. The van der Waals surface area contributed by atoms with Crippen LogP contribution in [-0.4, -0.2) is 36.5 Å². The van der Waals surface area contributed by atoms with Gasteiger partial charge in [0.1, 0.15) is 17.1 Å². The number of ether oxygens (including phenoxy) is 2. The zero-order valence-corrected chi connectivity index (χ0v) is 24.3. The molecule has 3 aromatic rings. The van der Waals surface area contributed by atoms with E-state index in [0.717, 1.165) is 5.56 Å². The van der Waals surface area contributed by atoms with E-state index in [9.17, 15) is 27.6 Å². The Bertz CT molecular complexity index is 1500. The summed E-state index contributed by atoms with van der Waals surface area (Å²) in [7, 11) is 0. The van der Waals surface area contributed by atoms with Crippen LogP contribution in [0.5, 0.6) is 11.5 Å². The molecule has 10 heteroatoms. The molecule has 7 nitrogen and oxygen atoms in total. The number of likely N-dealkylation sites (tertiary alicyclic amines) is 1. The van der Waals surface area contributed by atoms with Gasteiger partial charge < -0.3 is 13.9 Å². The molecule has 0 radical (unpaired) electrons. The molecule has 2 aromatic carbocycles. The Kier molecular flexibility index (Phi) is 9.33. The molecule has 0 aliphatic carbocycles. The normalized spacial score (nSPS) is 17.5. The van der Waals surface area contributed by atoms with Gasteiger partial charge in [-0.05, 0) is 61.9 Å². The molecule has 2 heterocycles. The van der Waals surface area contributed by atoms with Crippen LogP contribution < -0.4 is 15.1 Å². The van der Waals surface area contributed by atoms with Crippen LogP contribution in [0.25, 0.3) is 11.0 Å². The first kappa shape index (κ1) is 31.1. The molecular formula is C32H36F3NO6. The van der Waals surface area contributed by atoms with Gasteiger partial charge in [0.2, 0.25) is 11.8 Å². The molecule has 1 aliphatic rings. The Balaban J connectivity index is 1.38. The Hall–Kier alpha value is -3.82. The third-order valence-corrected chi connectivity index (χ3v) is 7.41. The van der Waals surface area contributed by atoms with Gasteiger partial charge in [0.05, 0.1) is 24.2 Å². The number of benzene rings is 2. The highest BCUT2D eigenvalue weighted by Gasteiger charge is 2.49. The third kappa shape index (κ3) is 6.63. The summed E-state index contributed by atoms with van der Waals surface area (Å²) >= 11 is 0. The molecule has 0 spiro atoms. The van der Waals surface area contributed by atoms with Crippen LogP contribution in [0.1, 0.15) is 70.1 Å². The molecule has 0 saturated carbocycles. The van der Waals surface area contributed by atoms with E-state index in [1.807, 2.05) is 31.2 Å². The second kappa shape index (κ2) is 12.6. The van der Waals surface area contributed by atoms with Gasteiger partial charge in [-0.15, -0.1) is 0 Å². The second-order valence-corrected chi connectivity index (χ2v) is 11.3. The summed E-state index contributed by atoms with van der Waals surface area (Å²) < 4.78 is 57.4. The van der Waals surface area contributed by atoms with E-state index < -0.39 is 22.8 Å². The number of unbranched alkanes of at least 4 members (excludes halogenated alkanes) is 1. The first-order chi connectivity index (χ1) is 19.8. The van der Waals surface area contributed by atoms with Gasteiger partial charge in [-0.2, -0.15) is 13.2 Å². The van der Waals surface area contributed by atoms with Crippen LogP contribution in [0.3, 0.4) is 0 Å². The first-order valence-electron chi connectivity index (χ1n) is 14.2. The van der Waals surface area contributed by atoms with E-state index in [2.05, 4.69) is 13.8 Å². The Morgan fingerprint density at radius 2 is 1.74 bits per heavy atom. The van der Waals surface area contributed by atoms with Crippen molar-refractivity contribution in [3.63, 3.8) is 0 Å². The Labute approximate surface area is 242 Å². The number of carbonyl (C=O) groups is 2. The first-order valence-corrected chi connectivity index (χ1v) is 14.2. The van der Waals surface area contributed by atoms with Crippen LogP contribution in [0, 0.1) is 5.92 Å². The Morgan fingerprint density at radius 3 is 2.38 bits per heavy atom. The number of hydrogen-bond donors (Lipinski definition) is 0. The summed E-state index contributed by atoms with van der Waals surface area (Å²) in [5.74, 6) is 0.947. The maximum Gasteiger partial charge on any atom is 0.417 e. The molecular weight excluding hydrogens is 551 g/mol. The Morgan fingerprint density at radius 1 is 1.02 bits per heavy atom. The maximum atomic E-state index is 13.5. The van der Waals surface area contributed by atoms with Gasteiger partial charge in [-0.1, -0.05) is 39.3 Å². The zero-order valence-electron chi connectivity index (χ0n) is 24.3. The lowest BCUT2D eigenvalue weighted by Gasteiger charge is -2.23. The van der Waals surface area contributed by atoms with Gasteiger partial charge in [-0.25, -0.2) is 4.79 Å². The fourth-order valence-electron chi connectivity index (χ4n) is 5.19. The lowest BCUT2D eigenvalue weighted by atomic mass is 9.81. The fraction of sp³-hybridized carbons (Fsp3) is 0.469. The number of amides is 2. The summed E-state index contributed by atoms with van der Waals surface area (Å²) in [6.45, 7) is 8.78. The predicted molar refractivity (Wildman–Crippen MR) is 152 cm³/mol. The highest BCUT2D eigenvalue weighted by atomic mass is 19.4. The third-order valence-electron chi connectivity index (χ3n) is 7.41. The number of aryl methyl sites for hydroxylation is 1. The lowest BCUT2D eigenvalue weighted by Crippen LogP contribution is -2.37. The average molecular weight is 588 g/mol. The maximum absolute atomic E-state index is 13.5. The van der Waals surface area contributed by atoms with Gasteiger partial charge in [0, 0.05) is 30.0 Å². The highest BCUT2D eigenvalue weighted by molar-refractivity contribution is 6.08. The van der Waals surface area contributed by atoms with E-state index in [1.165, 1.54) is 17.0 Å². The minimum atomic E-state index is -4.70. The molecule has 0 bridgehead atoms. The van der Waals surface area contributed by atoms with Crippen molar-refractivity contribution < 1.29 is 36.7 Å². The predicted octanol–water partition coefficient (Wildman–Crippen LogP) is 6.67. The average Bonchev–Trinajstić information content (AvgIpc) is 3.15.